The van der Waals surface area contributed by atoms with E-state index in [4.69, 9.17) is 5.11 Å². The van der Waals surface area contributed by atoms with Gasteiger partial charge in [0.1, 0.15) is 6.04 Å². The van der Waals surface area contributed by atoms with Gasteiger partial charge in [0, 0.05) is 25.0 Å². The van der Waals surface area contributed by atoms with Gasteiger partial charge in [-0.2, -0.15) is 11.8 Å². The van der Waals surface area contributed by atoms with Crippen LogP contribution >= 0.6 is 11.8 Å². The van der Waals surface area contributed by atoms with Crippen LogP contribution in [0, 0.1) is 0 Å². The van der Waals surface area contributed by atoms with Crippen molar-refractivity contribution in [1.82, 2.24) is 10.2 Å². The summed E-state index contributed by atoms with van der Waals surface area (Å²) in [6, 6.07) is -0.896. The second kappa shape index (κ2) is 6.63. The molecular formula is C11H18N2O4S. The molecule has 0 aromatic heterocycles. The number of nitrogens with one attached hydrogen (secondary N) is 1. The van der Waals surface area contributed by atoms with Crippen molar-refractivity contribution < 1.29 is 19.5 Å². The molecule has 2 unspecified atom stereocenters. The van der Waals surface area contributed by atoms with Gasteiger partial charge in [0.05, 0.1) is 12.5 Å². The fourth-order valence-electron chi connectivity index (χ4n) is 1.93. The maximum Gasteiger partial charge on any atom is 0.305 e. The van der Waals surface area contributed by atoms with Crippen molar-refractivity contribution >= 4 is 29.5 Å². The summed E-state index contributed by atoms with van der Waals surface area (Å²) in [6.07, 6.45) is -0.0501. The summed E-state index contributed by atoms with van der Waals surface area (Å²) >= 11 is 1.65. The topological polar surface area (TPSA) is 86.7 Å². The number of amides is 2. The lowest BCUT2D eigenvalue weighted by molar-refractivity contribution is -0.142. The SMILES string of the molecule is CC(=O)NC(C)C(=O)N1CCSCC1CC(=O)O. The van der Waals surface area contributed by atoms with E-state index in [0.29, 0.717) is 12.3 Å². The van der Waals surface area contributed by atoms with Crippen molar-refractivity contribution in [1.29, 1.82) is 0 Å². The van der Waals surface area contributed by atoms with Gasteiger partial charge in [0.2, 0.25) is 11.8 Å². The van der Waals surface area contributed by atoms with Crippen molar-refractivity contribution in [3.05, 3.63) is 0 Å². The lowest BCUT2D eigenvalue weighted by atomic mass is 10.1. The van der Waals surface area contributed by atoms with E-state index in [2.05, 4.69) is 5.32 Å². The Kier molecular flexibility index (Phi) is 5.46. The summed E-state index contributed by atoms with van der Waals surface area (Å²) in [5.41, 5.74) is 0. The summed E-state index contributed by atoms with van der Waals surface area (Å²) in [4.78, 5) is 35.4. The van der Waals surface area contributed by atoms with Crippen LogP contribution in [-0.2, 0) is 14.4 Å². The smallest absolute Gasteiger partial charge is 0.305 e. The second-order valence-electron chi connectivity index (χ2n) is 4.28. The minimum Gasteiger partial charge on any atom is -0.481 e. The van der Waals surface area contributed by atoms with Crippen LogP contribution in [0.3, 0.4) is 0 Å². The van der Waals surface area contributed by atoms with Gasteiger partial charge in [0.25, 0.3) is 0 Å². The number of carbonyl (C=O) groups excluding carboxylic acids is 2. The third-order valence-corrected chi connectivity index (χ3v) is 3.80. The molecule has 0 saturated carbocycles. The summed E-state index contributed by atoms with van der Waals surface area (Å²) in [5.74, 6) is 0.0423. The third-order valence-electron chi connectivity index (χ3n) is 2.71. The Morgan fingerprint density at radius 1 is 1.50 bits per heavy atom. The standard InChI is InChI=1S/C11H18N2O4S/c1-7(12-8(2)14)11(17)13-3-4-18-6-9(13)5-10(15)16/h7,9H,3-6H2,1-2H3,(H,12,14)(H,15,16). The molecule has 0 aliphatic carbocycles. The Morgan fingerprint density at radius 2 is 2.17 bits per heavy atom. The number of hydrogen-bond donors (Lipinski definition) is 2. The van der Waals surface area contributed by atoms with Gasteiger partial charge in [-0.1, -0.05) is 0 Å². The number of nitrogens with zero attached hydrogens (tertiary/aromatic N) is 1. The first-order chi connectivity index (χ1) is 8.41. The highest BCUT2D eigenvalue weighted by atomic mass is 32.2. The molecule has 0 aromatic carbocycles. The number of carbonyl (C=O) groups is 3. The monoisotopic (exact) mass is 274 g/mol. The van der Waals surface area contributed by atoms with Crippen LogP contribution in [0.5, 0.6) is 0 Å². The van der Waals surface area contributed by atoms with E-state index in [-0.39, 0.29) is 24.3 Å². The highest BCUT2D eigenvalue weighted by Gasteiger charge is 2.31. The maximum atomic E-state index is 12.1. The van der Waals surface area contributed by atoms with Gasteiger partial charge >= 0.3 is 5.97 Å². The predicted octanol–water partition coefficient (Wildman–Crippen LogP) is -0.0703. The molecule has 2 N–H and O–H groups in total. The minimum absolute atomic E-state index is 0.0501. The largest absolute Gasteiger partial charge is 0.481 e. The van der Waals surface area contributed by atoms with Crippen molar-refractivity contribution in [2.75, 3.05) is 18.1 Å². The second-order valence-corrected chi connectivity index (χ2v) is 5.43. The summed E-state index contributed by atoms with van der Waals surface area (Å²) in [5, 5.41) is 11.4. The average molecular weight is 274 g/mol. The zero-order valence-electron chi connectivity index (χ0n) is 10.5. The molecule has 6 nitrogen and oxygen atoms in total. The van der Waals surface area contributed by atoms with E-state index in [1.165, 1.54) is 6.92 Å². The number of hydrogen-bond acceptors (Lipinski definition) is 4. The highest BCUT2D eigenvalue weighted by Crippen LogP contribution is 2.19. The number of thioether (sulfide) groups is 1. The third kappa shape index (κ3) is 4.21. The van der Waals surface area contributed by atoms with Crippen LogP contribution in [0.4, 0.5) is 0 Å². The van der Waals surface area contributed by atoms with Gasteiger partial charge in [0.15, 0.2) is 0 Å². The van der Waals surface area contributed by atoms with Crippen molar-refractivity contribution in [3.8, 4) is 0 Å². The molecule has 0 bridgehead atoms. The molecule has 0 spiro atoms. The molecular weight excluding hydrogens is 256 g/mol. The first-order valence-electron chi connectivity index (χ1n) is 5.79. The van der Waals surface area contributed by atoms with E-state index >= 15 is 0 Å². The number of aliphatic carboxylic acids is 1. The number of carboxylic acid groups (broad SMARTS) is 1. The number of rotatable bonds is 4. The molecule has 1 fully saturated rings. The Morgan fingerprint density at radius 3 is 2.72 bits per heavy atom. The molecule has 1 rings (SSSR count). The summed E-state index contributed by atoms with van der Waals surface area (Å²) in [6.45, 7) is 3.50. The molecule has 18 heavy (non-hydrogen) atoms. The van der Waals surface area contributed by atoms with Crippen LogP contribution in [0.2, 0.25) is 0 Å². The van der Waals surface area contributed by atoms with Gasteiger partial charge in [-0.05, 0) is 6.92 Å². The minimum atomic E-state index is -0.910. The maximum absolute atomic E-state index is 12.1. The molecule has 1 aliphatic rings. The Balaban J connectivity index is 2.67. The van der Waals surface area contributed by atoms with Crippen LogP contribution in [0.25, 0.3) is 0 Å². The Hall–Kier alpha value is -1.24. The Bertz CT molecular complexity index is 348. The molecule has 1 heterocycles. The molecule has 2 amide bonds. The lowest BCUT2D eigenvalue weighted by Crippen LogP contribution is -2.53. The van der Waals surface area contributed by atoms with E-state index < -0.39 is 12.0 Å². The molecule has 0 aromatic rings. The van der Waals surface area contributed by atoms with Crippen LogP contribution in [0.1, 0.15) is 20.3 Å². The highest BCUT2D eigenvalue weighted by molar-refractivity contribution is 7.99. The van der Waals surface area contributed by atoms with Gasteiger partial charge < -0.3 is 15.3 Å². The van der Waals surface area contributed by atoms with E-state index in [9.17, 15) is 14.4 Å². The average Bonchev–Trinajstić information content (AvgIpc) is 2.27. The molecule has 0 radical (unpaired) electrons. The predicted molar refractivity (Wildman–Crippen MR) is 68.4 cm³/mol. The van der Waals surface area contributed by atoms with E-state index in [1.54, 1.807) is 23.6 Å². The summed E-state index contributed by atoms with van der Waals surface area (Å²) in [7, 11) is 0. The fourth-order valence-corrected chi connectivity index (χ4v) is 2.99. The molecule has 2 atom stereocenters. The van der Waals surface area contributed by atoms with Crippen LogP contribution in [-0.4, -0.2) is 57.9 Å². The van der Waals surface area contributed by atoms with E-state index in [1.807, 2.05) is 0 Å². The van der Waals surface area contributed by atoms with Crippen LogP contribution < -0.4 is 5.32 Å². The van der Waals surface area contributed by atoms with Crippen molar-refractivity contribution in [2.24, 2.45) is 0 Å². The lowest BCUT2D eigenvalue weighted by Gasteiger charge is -2.36. The fraction of sp³-hybridized carbons (Fsp3) is 0.727. The van der Waals surface area contributed by atoms with Crippen LogP contribution in [0.15, 0.2) is 0 Å². The number of carboxylic acids is 1. The molecule has 1 saturated heterocycles. The van der Waals surface area contributed by atoms with E-state index in [0.717, 1.165) is 5.75 Å². The summed E-state index contributed by atoms with van der Waals surface area (Å²) < 4.78 is 0. The molecule has 102 valence electrons. The van der Waals surface area contributed by atoms with Gasteiger partial charge in [-0.25, -0.2) is 0 Å². The zero-order chi connectivity index (χ0) is 13.7. The quantitative estimate of drug-likeness (QED) is 0.749. The van der Waals surface area contributed by atoms with Crippen molar-refractivity contribution in [2.45, 2.75) is 32.4 Å². The molecule has 7 heteroatoms. The first kappa shape index (κ1) is 14.8. The molecule has 1 aliphatic heterocycles. The normalized spacial score (nSPS) is 21.2. The van der Waals surface area contributed by atoms with Gasteiger partial charge in [-0.15, -0.1) is 0 Å². The van der Waals surface area contributed by atoms with Crippen molar-refractivity contribution in [3.63, 3.8) is 0 Å². The first-order valence-corrected chi connectivity index (χ1v) is 6.94. The Labute approximate surface area is 110 Å². The zero-order valence-corrected chi connectivity index (χ0v) is 11.3. The van der Waals surface area contributed by atoms with Gasteiger partial charge in [-0.3, -0.25) is 14.4 Å².